The molecule has 2 N–H and O–H groups in total. The van der Waals surface area contributed by atoms with Crippen LogP contribution in [0.2, 0.25) is 0 Å². The monoisotopic (exact) mass is 681 g/mol. The number of aromatic nitrogens is 2. The molecule has 11 nitrogen and oxygen atoms in total. The van der Waals surface area contributed by atoms with Gasteiger partial charge in [-0.25, -0.2) is 4.39 Å². The largest absolute Gasteiger partial charge is 0.493 e. The number of hydrogen-bond acceptors (Lipinski definition) is 9. The van der Waals surface area contributed by atoms with Crippen molar-refractivity contribution in [1.82, 2.24) is 14.9 Å². The maximum atomic E-state index is 15.2. The Morgan fingerprint density at radius 3 is 2.61 bits per heavy atom. The van der Waals surface area contributed by atoms with Gasteiger partial charge in [0.15, 0.2) is 28.8 Å². The van der Waals surface area contributed by atoms with Gasteiger partial charge in [0.1, 0.15) is 5.75 Å². The van der Waals surface area contributed by atoms with E-state index in [2.05, 4.69) is 25.1 Å². The highest BCUT2D eigenvalue weighted by molar-refractivity contribution is 5.96. The van der Waals surface area contributed by atoms with Crippen LogP contribution in [-0.4, -0.2) is 72.4 Å². The average Bonchev–Trinajstić information content (AvgIpc) is 3.41. The number of benzene rings is 3. The van der Waals surface area contributed by atoms with Crippen LogP contribution in [0, 0.1) is 5.82 Å². The maximum absolute atomic E-state index is 15.2. The summed E-state index contributed by atoms with van der Waals surface area (Å²) in [7, 11) is 1.52. The minimum atomic E-state index is -4.68. The number of nitrogens with zero attached hydrogens (tertiary/aromatic N) is 4. The lowest BCUT2D eigenvalue weighted by molar-refractivity contribution is -0.136. The summed E-state index contributed by atoms with van der Waals surface area (Å²) in [6, 6.07) is 12.3. The van der Waals surface area contributed by atoms with Gasteiger partial charge in [-0.2, -0.15) is 13.2 Å². The lowest BCUT2D eigenvalue weighted by Gasteiger charge is -2.26. The van der Waals surface area contributed by atoms with Crippen LogP contribution in [0.1, 0.15) is 17.5 Å². The van der Waals surface area contributed by atoms with E-state index in [0.717, 1.165) is 57.5 Å². The van der Waals surface area contributed by atoms with Gasteiger partial charge in [0.25, 0.3) is 5.91 Å². The molecule has 0 aliphatic carbocycles. The zero-order valence-electron chi connectivity index (χ0n) is 26.2. The van der Waals surface area contributed by atoms with E-state index in [-0.39, 0.29) is 28.8 Å². The number of methoxy groups -OCH3 is 1. The number of nitrogens with one attached hydrogen (secondary N) is 1. The molecule has 0 saturated carbocycles. The first-order valence-corrected chi connectivity index (χ1v) is 15.3. The number of halogens is 4. The van der Waals surface area contributed by atoms with Crippen LogP contribution in [0.5, 0.6) is 28.9 Å². The lowest BCUT2D eigenvalue weighted by atomic mass is 10.1. The third-order valence-corrected chi connectivity index (χ3v) is 7.89. The zero-order chi connectivity index (χ0) is 34.5. The number of rotatable bonds is 11. The molecule has 2 aromatic heterocycles. The first-order chi connectivity index (χ1) is 23.6. The van der Waals surface area contributed by atoms with Gasteiger partial charge in [0.2, 0.25) is 5.88 Å². The van der Waals surface area contributed by atoms with Crippen LogP contribution in [0.3, 0.4) is 0 Å². The minimum absolute atomic E-state index is 0.0686. The second-order valence-electron chi connectivity index (χ2n) is 11.2. The number of ether oxygens (including phenoxy) is 4. The molecule has 3 heterocycles. The molecule has 1 fully saturated rings. The van der Waals surface area contributed by atoms with Gasteiger partial charge in [-0.3, -0.25) is 14.7 Å². The van der Waals surface area contributed by atoms with E-state index in [0.29, 0.717) is 34.8 Å². The molecule has 49 heavy (non-hydrogen) atoms. The van der Waals surface area contributed by atoms with Gasteiger partial charge in [0, 0.05) is 42.7 Å². The third-order valence-electron chi connectivity index (χ3n) is 7.89. The number of azo groups is 1. The number of pyridine rings is 1. The molecule has 0 spiro atoms. The molecule has 256 valence electrons. The summed E-state index contributed by atoms with van der Waals surface area (Å²) in [5, 5.41) is 17.8. The standard InChI is InChI=1S/C34H31F4N5O6/c1-46-28-18-22-25(19-29(28)48-13-3-10-43-11-14-47-15-12-43)39-9-8-26(22)49-27-7-6-20(16-24(27)35)17-30(44)41-42-32-21-4-2-5-23(34(36,37)38)31(21)40-33(32)45/h2,4-9,16,18-19,40,45H,3,10-15,17H2,1H3. The molecular formula is C34H31F4N5O6. The van der Waals surface area contributed by atoms with Crippen LogP contribution < -0.4 is 14.2 Å². The molecule has 1 saturated heterocycles. The molecular weight excluding hydrogens is 650 g/mol. The summed E-state index contributed by atoms with van der Waals surface area (Å²) in [4.78, 5) is 21.5. The Bertz CT molecular complexity index is 2010. The number of para-hydroxylation sites is 1. The van der Waals surface area contributed by atoms with Crippen LogP contribution in [-0.2, 0) is 22.1 Å². The van der Waals surface area contributed by atoms with E-state index in [1.165, 1.54) is 31.5 Å². The van der Waals surface area contributed by atoms with Crippen molar-refractivity contribution in [3.05, 3.63) is 77.7 Å². The molecule has 0 unspecified atom stereocenters. The Labute approximate surface area is 277 Å². The molecule has 1 aliphatic heterocycles. The molecule has 0 radical (unpaired) electrons. The van der Waals surface area contributed by atoms with E-state index in [1.807, 2.05) is 0 Å². The summed E-state index contributed by atoms with van der Waals surface area (Å²) < 4.78 is 78.1. The summed E-state index contributed by atoms with van der Waals surface area (Å²) in [5.74, 6) is -1.08. The lowest BCUT2D eigenvalue weighted by Crippen LogP contribution is -2.37. The number of aromatic hydroxyl groups is 1. The summed E-state index contributed by atoms with van der Waals surface area (Å²) in [6.45, 7) is 4.64. The number of hydrogen-bond donors (Lipinski definition) is 2. The first-order valence-electron chi connectivity index (χ1n) is 15.3. The van der Waals surface area contributed by atoms with Crippen molar-refractivity contribution < 1.29 is 46.4 Å². The number of fused-ring (bicyclic) bond motifs is 2. The quantitative estimate of drug-likeness (QED) is 0.0842. The SMILES string of the molecule is COc1cc2c(Oc3ccc(CC(=O)N=Nc4c(O)[nH]c5c(C(F)(F)F)cccc45)cc3F)ccnc2cc1OCCCN1CCOCC1. The van der Waals surface area contributed by atoms with Crippen molar-refractivity contribution in [2.24, 2.45) is 10.2 Å². The number of carbonyl (C=O) groups is 1. The van der Waals surface area contributed by atoms with Crippen molar-refractivity contribution >= 4 is 33.4 Å². The molecule has 0 bridgehead atoms. The molecule has 15 heteroatoms. The van der Waals surface area contributed by atoms with Gasteiger partial charge >= 0.3 is 6.18 Å². The molecule has 5 aromatic rings. The Kier molecular flexibility index (Phi) is 9.92. The summed E-state index contributed by atoms with van der Waals surface area (Å²) >= 11 is 0. The zero-order valence-corrected chi connectivity index (χ0v) is 26.2. The molecule has 3 aromatic carbocycles. The van der Waals surface area contributed by atoms with E-state index >= 15 is 4.39 Å². The number of amides is 1. The van der Waals surface area contributed by atoms with Crippen LogP contribution in [0.4, 0.5) is 23.2 Å². The van der Waals surface area contributed by atoms with Gasteiger partial charge in [-0.1, -0.05) is 18.2 Å². The normalized spacial score (nSPS) is 14.1. The highest BCUT2D eigenvalue weighted by Crippen LogP contribution is 2.42. The van der Waals surface area contributed by atoms with Crippen LogP contribution in [0.15, 0.2) is 71.0 Å². The van der Waals surface area contributed by atoms with Crippen molar-refractivity contribution in [2.45, 2.75) is 19.0 Å². The minimum Gasteiger partial charge on any atom is -0.493 e. The van der Waals surface area contributed by atoms with Crippen LogP contribution in [0.25, 0.3) is 21.8 Å². The van der Waals surface area contributed by atoms with E-state index in [4.69, 9.17) is 18.9 Å². The second kappa shape index (κ2) is 14.5. The van der Waals surface area contributed by atoms with Crippen molar-refractivity contribution in [3.8, 4) is 28.9 Å². The number of carbonyl (C=O) groups excluding carboxylic acids is 1. The number of H-pyrrole nitrogens is 1. The number of alkyl halides is 3. The van der Waals surface area contributed by atoms with E-state index in [1.54, 1.807) is 18.2 Å². The molecule has 1 amide bonds. The number of aromatic amines is 1. The van der Waals surface area contributed by atoms with Gasteiger partial charge < -0.3 is 29.0 Å². The van der Waals surface area contributed by atoms with Gasteiger partial charge in [-0.15, -0.1) is 10.2 Å². The first kappa shape index (κ1) is 33.6. The Morgan fingerprint density at radius 2 is 1.86 bits per heavy atom. The Balaban J connectivity index is 1.12. The molecule has 0 atom stereocenters. The van der Waals surface area contributed by atoms with Crippen molar-refractivity contribution in [3.63, 3.8) is 0 Å². The van der Waals surface area contributed by atoms with E-state index in [9.17, 15) is 23.1 Å². The van der Waals surface area contributed by atoms with E-state index < -0.39 is 34.9 Å². The highest BCUT2D eigenvalue weighted by Gasteiger charge is 2.34. The Hall–Kier alpha value is -5.28. The fraction of sp³-hybridized carbons (Fsp3) is 0.294. The average molecular weight is 682 g/mol. The third kappa shape index (κ3) is 7.73. The summed E-state index contributed by atoms with van der Waals surface area (Å²) in [6.07, 6.45) is -2.71. The predicted molar refractivity (Wildman–Crippen MR) is 170 cm³/mol. The van der Waals surface area contributed by atoms with Gasteiger partial charge in [-0.05, 0) is 42.3 Å². The smallest absolute Gasteiger partial charge is 0.418 e. The molecule has 1 aliphatic rings. The topological polar surface area (TPSA) is 131 Å². The number of morpholine rings is 1. The fourth-order valence-electron chi connectivity index (χ4n) is 5.48. The van der Waals surface area contributed by atoms with Crippen molar-refractivity contribution in [2.75, 3.05) is 46.6 Å². The van der Waals surface area contributed by atoms with Crippen LogP contribution >= 0.6 is 0 Å². The molecule has 6 rings (SSSR count). The maximum Gasteiger partial charge on any atom is 0.418 e. The predicted octanol–water partition coefficient (Wildman–Crippen LogP) is 7.33. The highest BCUT2D eigenvalue weighted by atomic mass is 19.4. The second-order valence-corrected chi connectivity index (χ2v) is 11.2. The van der Waals surface area contributed by atoms with Crippen molar-refractivity contribution in [1.29, 1.82) is 0 Å². The Morgan fingerprint density at radius 1 is 1.04 bits per heavy atom. The summed E-state index contributed by atoms with van der Waals surface area (Å²) in [5.41, 5.74) is -0.934. The fourth-order valence-corrected chi connectivity index (χ4v) is 5.48. The van der Waals surface area contributed by atoms with Gasteiger partial charge in [0.05, 0.1) is 49.9 Å².